The van der Waals surface area contributed by atoms with Crippen LogP contribution in [0.3, 0.4) is 0 Å². The predicted octanol–water partition coefficient (Wildman–Crippen LogP) is 6.16. The number of nitrogens with zero attached hydrogens (tertiary/aromatic N) is 1. The lowest BCUT2D eigenvalue weighted by Gasteiger charge is -2.39. The Morgan fingerprint density at radius 1 is 0.811 bits per heavy atom. The lowest BCUT2D eigenvalue weighted by atomic mass is 9.73. The molecule has 0 spiro atoms. The molecule has 2 aliphatic rings. The van der Waals surface area contributed by atoms with Gasteiger partial charge < -0.3 is 5.32 Å². The van der Waals surface area contributed by atoms with Gasteiger partial charge in [0.1, 0.15) is 0 Å². The second-order valence-electron chi connectivity index (χ2n) is 10.5. The molecule has 188 valence electrons. The van der Waals surface area contributed by atoms with Crippen LogP contribution in [0.5, 0.6) is 0 Å². The molecule has 0 aliphatic carbocycles. The molecule has 0 radical (unpaired) electrons. The minimum atomic E-state index is -3.69. The fraction of sp³-hybridized carbons (Fsp3) is 0.250. The summed E-state index contributed by atoms with van der Waals surface area (Å²) >= 11 is 0. The lowest BCUT2D eigenvalue weighted by Crippen LogP contribution is -2.46. The molecule has 0 amide bonds. The Labute approximate surface area is 220 Å². The second kappa shape index (κ2) is 9.47. The van der Waals surface area contributed by atoms with Crippen LogP contribution in [-0.2, 0) is 16.4 Å². The first kappa shape index (κ1) is 24.0. The van der Waals surface area contributed by atoms with Gasteiger partial charge in [0.2, 0.25) is 10.0 Å². The van der Waals surface area contributed by atoms with E-state index in [9.17, 15) is 8.42 Å². The number of nitrogens with one attached hydrogen (secondary N) is 1. The van der Waals surface area contributed by atoms with Crippen LogP contribution >= 0.6 is 0 Å². The summed E-state index contributed by atoms with van der Waals surface area (Å²) in [4.78, 5) is 0.361. The van der Waals surface area contributed by atoms with Crippen molar-refractivity contribution in [1.29, 1.82) is 0 Å². The van der Waals surface area contributed by atoms with Crippen molar-refractivity contribution >= 4 is 15.7 Å². The first-order chi connectivity index (χ1) is 17.9. The molecule has 6 rings (SSSR count). The molecule has 0 aromatic heterocycles. The molecule has 1 saturated heterocycles. The third-order valence-corrected chi connectivity index (χ3v) is 9.91. The Bertz CT molecular complexity index is 1500. The molecule has 4 aromatic rings. The summed E-state index contributed by atoms with van der Waals surface area (Å²) in [5.74, 6) is 0.212. The van der Waals surface area contributed by atoms with Crippen molar-refractivity contribution < 1.29 is 8.42 Å². The molecular formula is C32H32N2O2S. The van der Waals surface area contributed by atoms with E-state index in [1.54, 1.807) is 16.4 Å². The molecule has 4 aromatic carbocycles. The van der Waals surface area contributed by atoms with Gasteiger partial charge in [-0.25, -0.2) is 8.42 Å². The van der Waals surface area contributed by atoms with E-state index in [1.165, 1.54) is 16.7 Å². The molecule has 1 fully saturated rings. The van der Waals surface area contributed by atoms with Crippen LogP contribution in [0.1, 0.15) is 33.7 Å². The van der Waals surface area contributed by atoms with Crippen molar-refractivity contribution in [2.45, 2.75) is 43.2 Å². The molecule has 1 N–H and O–H groups in total. The maximum absolute atomic E-state index is 14.2. The SMILES string of the molecule is Cc1ccc(S(=O)(=O)N2CC3C(c4ccccc4)c4cc(C)ccc4NC3C2Cc2ccccc2)cc1. The molecule has 2 aliphatic heterocycles. The summed E-state index contributed by atoms with van der Waals surface area (Å²) in [5.41, 5.74) is 6.99. The van der Waals surface area contributed by atoms with Gasteiger partial charge in [0, 0.05) is 36.2 Å². The Morgan fingerprint density at radius 2 is 1.46 bits per heavy atom. The highest BCUT2D eigenvalue weighted by molar-refractivity contribution is 7.89. The third kappa shape index (κ3) is 4.36. The predicted molar refractivity (Wildman–Crippen MR) is 149 cm³/mol. The van der Waals surface area contributed by atoms with Crippen LogP contribution in [0.2, 0.25) is 0 Å². The molecule has 2 heterocycles. The zero-order valence-electron chi connectivity index (χ0n) is 21.2. The number of sulfonamides is 1. The second-order valence-corrected chi connectivity index (χ2v) is 12.3. The van der Waals surface area contributed by atoms with E-state index in [1.807, 2.05) is 43.3 Å². The van der Waals surface area contributed by atoms with E-state index in [2.05, 4.69) is 66.8 Å². The van der Waals surface area contributed by atoms with Gasteiger partial charge in [-0.15, -0.1) is 0 Å². The number of aryl methyl sites for hydroxylation is 2. The van der Waals surface area contributed by atoms with Gasteiger partial charge in [-0.1, -0.05) is 96.1 Å². The molecule has 37 heavy (non-hydrogen) atoms. The average molecular weight is 509 g/mol. The first-order valence-electron chi connectivity index (χ1n) is 13.0. The van der Waals surface area contributed by atoms with E-state index in [-0.39, 0.29) is 23.9 Å². The average Bonchev–Trinajstić information content (AvgIpc) is 3.27. The van der Waals surface area contributed by atoms with Crippen molar-refractivity contribution in [2.24, 2.45) is 5.92 Å². The quantitative estimate of drug-likeness (QED) is 0.351. The number of hydrogen-bond donors (Lipinski definition) is 1. The zero-order chi connectivity index (χ0) is 25.6. The van der Waals surface area contributed by atoms with Crippen molar-refractivity contribution in [3.05, 3.63) is 131 Å². The van der Waals surface area contributed by atoms with Gasteiger partial charge in [0.15, 0.2) is 0 Å². The van der Waals surface area contributed by atoms with Crippen molar-refractivity contribution in [1.82, 2.24) is 4.31 Å². The summed E-state index contributed by atoms with van der Waals surface area (Å²) in [6.45, 7) is 4.57. The Hall–Kier alpha value is -3.41. The molecule has 0 bridgehead atoms. The van der Waals surface area contributed by atoms with Crippen molar-refractivity contribution in [3.63, 3.8) is 0 Å². The van der Waals surface area contributed by atoms with Crippen LogP contribution in [-0.4, -0.2) is 31.4 Å². The molecule has 4 unspecified atom stereocenters. The fourth-order valence-corrected chi connectivity index (χ4v) is 7.89. The summed E-state index contributed by atoms with van der Waals surface area (Å²) in [7, 11) is -3.69. The molecule has 0 saturated carbocycles. The molecule has 4 atom stereocenters. The van der Waals surface area contributed by atoms with Gasteiger partial charge in [0.05, 0.1) is 4.90 Å². The summed E-state index contributed by atoms with van der Waals surface area (Å²) in [5, 5.41) is 3.81. The topological polar surface area (TPSA) is 49.4 Å². The van der Waals surface area contributed by atoms with Crippen molar-refractivity contribution in [3.8, 4) is 0 Å². The Morgan fingerprint density at radius 3 is 2.16 bits per heavy atom. The minimum Gasteiger partial charge on any atom is -0.380 e. The standard InChI is InChI=1S/C32H32N2O2S/c1-22-13-16-26(17-14-22)37(35,36)34-21-28-31(25-11-7-4-8-12-25)27-19-23(2)15-18-29(27)33-32(28)30(34)20-24-9-5-3-6-10-24/h3-19,28,30-33H,20-21H2,1-2H3. The maximum Gasteiger partial charge on any atom is 0.243 e. The highest BCUT2D eigenvalue weighted by Crippen LogP contribution is 2.49. The third-order valence-electron chi connectivity index (χ3n) is 8.00. The molecular weight excluding hydrogens is 476 g/mol. The first-order valence-corrected chi connectivity index (χ1v) is 14.4. The summed E-state index contributed by atoms with van der Waals surface area (Å²) in [6, 6.07) is 34.4. The molecule has 4 nitrogen and oxygen atoms in total. The lowest BCUT2D eigenvalue weighted by molar-refractivity contribution is 0.375. The Balaban J connectivity index is 1.49. The van der Waals surface area contributed by atoms with E-state index in [0.29, 0.717) is 17.9 Å². The highest BCUT2D eigenvalue weighted by atomic mass is 32.2. The number of anilines is 1. The zero-order valence-corrected chi connectivity index (χ0v) is 22.0. The number of rotatable bonds is 5. The number of fused-ring (bicyclic) bond motifs is 2. The number of benzene rings is 4. The highest BCUT2D eigenvalue weighted by Gasteiger charge is 2.52. The van der Waals surface area contributed by atoms with E-state index >= 15 is 0 Å². The normalized spacial score (nSPS) is 23.2. The van der Waals surface area contributed by atoms with E-state index in [4.69, 9.17) is 0 Å². The van der Waals surface area contributed by atoms with Crippen LogP contribution in [0.4, 0.5) is 5.69 Å². The van der Waals surface area contributed by atoms with Gasteiger partial charge in [-0.05, 0) is 55.2 Å². The van der Waals surface area contributed by atoms with Gasteiger partial charge >= 0.3 is 0 Å². The van der Waals surface area contributed by atoms with Crippen LogP contribution in [0.25, 0.3) is 0 Å². The van der Waals surface area contributed by atoms with Crippen LogP contribution in [0, 0.1) is 19.8 Å². The molecule has 5 heteroatoms. The van der Waals surface area contributed by atoms with Crippen LogP contribution in [0.15, 0.2) is 108 Å². The summed E-state index contributed by atoms with van der Waals surface area (Å²) in [6.07, 6.45) is 0.656. The van der Waals surface area contributed by atoms with E-state index < -0.39 is 10.0 Å². The van der Waals surface area contributed by atoms with Gasteiger partial charge in [0.25, 0.3) is 0 Å². The van der Waals surface area contributed by atoms with Crippen LogP contribution < -0.4 is 5.32 Å². The monoisotopic (exact) mass is 508 g/mol. The largest absolute Gasteiger partial charge is 0.380 e. The van der Waals surface area contributed by atoms with E-state index in [0.717, 1.165) is 16.8 Å². The fourth-order valence-electron chi connectivity index (χ4n) is 6.21. The van der Waals surface area contributed by atoms with Gasteiger partial charge in [-0.3, -0.25) is 0 Å². The smallest absolute Gasteiger partial charge is 0.243 e. The maximum atomic E-state index is 14.2. The number of hydrogen-bond acceptors (Lipinski definition) is 3. The van der Waals surface area contributed by atoms with Gasteiger partial charge in [-0.2, -0.15) is 4.31 Å². The summed E-state index contributed by atoms with van der Waals surface area (Å²) < 4.78 is 30.1. The minimum absolute atomic E-state index is 0.0131. The Kier molecular flexibility index (Phi) is 6.13. The van der Waals surface area contributed by atoms with Crippen molar-refractivity contribution in [2.75, 3.05) is 11.9 Å².